The number of para-hydroxylation sites is 1. The van der Waals surface area contributed by atoms with Crippen LogP contribution in [-0.4, -0.2) is 22.1 Å². The number of nitrogens with zero attached hydrogens (tertiary/aromatic N) is 3. The molecule has 0 saturated heterocycles. The smallest absolute Gasteiger partial charge is 0.348 e. The SMILES string of the molecule is C=CCn1c(SCc2c(C(=O)OCC)sc(N)c2C#N)nc2ccccc2c1=O. The molecule has 1 aromatic carbocycles. The zero-order valence-electron chi connectivity index (χ0n) is 15.7. The minimum absolute atomic E-state index is 0.172. The van der Waals surface area contributed by atoms with E-state index in [4.69, 9.17) is 10.5 Å². The maximum atomic E-state index is 12.9. The number of nitriles is 1. The third-order valence-electron chi connectivity index (χ3n) is 4.09. The van der Waals surface area contributed by atoms with E-state index < -0.39 is 5.97 Å². The monoisotopic (exact) mass is 426 g/mol. The topological polar surface area (TPSA) is 111 Å². The van der Waals surface area contributed by atoms with Gasteiger partial charge in [-0.05, 0) is 19.1 Å². The van der Waals surface area contributed by atoms with Crippen molar-refractivity contribution >= 4 is 45.0 Å². The lowest BCUT2D eigenvalue weighted by Gasteiger charge is -2.11. The van der Waals surface area contributed by atoms with Crippen LogP contribution in [0.25, 0.3) is 10.9 Å². The number of fused-ring (bicyclic) bond motifs is 1. The summed E-state index contributed by atoms with van der Waals surface area (Å²) in [7, 11) is 0. The molecule has 0 fully saturated rings. The van der Waals surface area contributed by atoms with E-state index in [0.717, 1.165) is 11.3 Å². The van der Waals surface area contributed by atoms with Gasteiger partial charge in [-0.2, -0.15) is 5.26 Å². The van der Waals surface area contributed by atoms with Crippen LogP contribution in [0.2, 0.25) is 0 Å². The Morgan fingerprint density at radius 3 is 2.93 bits per heavy atom. The van der Waals surface area contributed by atoms with Gasteiger partial charge >= 0.3 is 5.97 Å². The van der Waals surface area contributed by atoms with E-state index >= 15 is 0 Å². The fourth-order valence-electron chi connectivity index (χ4n) is 2.79. The van der Waals surface area contributed by atoms with E-state index in [1.54, 1.807) is 31.2 Å². The summed E-state index contributed by atoms with van der Waals surface area (Å²) in [6.07, 6.45) is 1.62. The molecule has 0 aliphatic rings. The largest absolute Gasteiger partial charge is 0.462 e. The van der Waals surface area contributed by atoms with Crippen LogP contribution >= 0.6 is 23.1 Å². The first-order valence-electron chi connectivity index (χ1n) is 8.73. The number of aromatic nitrogens is 2. The maximum Gasteiger partial charge on any atom is 0.348 e. The molecule has 29 heavy (non-hydrogen) atoms. The van der Waals surface area contributed by atoms with Gasteiger partial charge in [0, 0.05) is 17.9 Å². The van der Waals surface area contributed by atoms with Crippen LogP contribution in [0.4, 0.5) is 5.00 Å². The summed E-state index contributed by atoms with van der Waals surface area (Å²) in [4.78, 5) is 30.0. The Kier molecular flexibility index (Phi) is 6.36. The molecule has 9 heteroatoms. The second kappa shape index (κ2) is 8.94. The summed E-state index contributed by atoms with van der Waals surface area (Å²) in [6.45, 7) is 5.93. The molecule has 0 atom stereocenters. The van der Waals surface area contributed by atoms with Crippen molar-refractivity contribution in [3.63, 3.8) is 0 Å². The average Bonchev–Trinajstić information content (AvgIpc) is 3.04. The third kappa shape index (κ3) is 4.04. The van der Waals surface area contributed by atoms with Crippen LogP contribution < -0.4 is 11.3 Å². The normalized spacial score (nSPS) is 10.6. The second-order valence-electron chi connectivity index (χ2n) is 5.89. The number of allylic oxidation sites excluding steroid dienone is 1. The molecule has 7 nitrogen and oxygen atoms in total. The highest BCUT2D eigenvalue weighted by Crippen LogP contribution is 2.35. The van der Waals surface area contributed by atoms with Crippen LogP contribution in [-0.2, 0) is 17.0 Å². The number of hydrogen-bond donors (Lipinski definition) is 1. The summed E-state index contributed by atoms with van der Waals surface area (Å²) in [5, 5.41) is 10.7. The first-order valence-corrected chi connectivity index (χ1v) is 10.5. The number of nitrogen functional groups attached to an aromatic ring is 1. The van der Waals surface area contributed by atoms with Gasteiger partial charge in [-0.15, -0.1) is 17.9 Å². The van der Waals surface area contributed by atoms with Gasteiger partial charge < -0.3 is 10.5 Å². The van der Waals surface area contributed by atoms with Gasteiger partial charge in [0.05, 0.1) is 23.1 Å². The average molecular weight is 427 g/mol. The molecule has 0 saturated carbocycles. The molecular weight excluding hydrogens is 408 g/mol. The van der Waals surface area contributed by atoms with Crippen LogP contribution in [0, 0.1) is 11.3 Å². The number of hydrogen-bond acceptors (Lipinski definition) is 8. The lowest BCUT2D eigenvalue weighted by atomic mass is 10.2. The number of carbonyl (C=O) groups is 1. The van der Waals surface area contributed by atoms with Crippen molar-refractivity contribution in [3.05, 3.63) is 63.3 Å². The molecule has 0 aliphatic carbocycles. The third-order valence-corrected chi connectivity index (χ3v) is 6.13. The predicted octanol–water partition coefficient (Wildman–Crippen LogP) is 3.57. The summed E-state index contributed by atoms with van der Waals surface area (Å²) in [5.41, 5.74) is 7.08. The fraction of sp³-hybridized carbons (Fsp3) is 0.200. The zero-order chi connectivity index (χ0) is 21.0. The fourth-order valence-corrected chi connectivity index (χ4v) is 4.85. The highest BCUT2D eigenvalue weighted by Gasteiger charge is 2.23. The Morgan fingerprint density at radius 2 is 2.24 bits per heavy atom. The standard InChI is InChI=1S/C20H18N4O3S2/c1-3-9-24-18(25)12-7-5-6-8-15(12)23-20(24)28-11-14-13(10-21)17(22)29-16(14)19(26)27-4-2/h3,5-8H,1,4,9,11,22H2,2H3. The Labute approximate surface area is 175 Å². The van der Waals surface area contributed by atoms with Gasteiger partial charge in [0.1, 0.15) is 15.9 Å². The first kappa shape index (κ1) is 20.6. The lowest BCUT2D eigenvalue weighted by Crippen LogP contribution is -2.22. The molecule has 2 heterocycles. The van der Waals surface area contributed by atoms with E-state index in [9.17, 15) is 14.9 Å². The quantitative estimate of drug-likeness (QED) is 0.266. The number of ether oxygens (including phenoxy) is 1. The molecule has 0 bridgehead atoms. The molecule has 0 spiro atoms. The van der Waals surface area contributed by atoms with Crippen molar-refractivity contribution in [2.45, 2.75) is 24.4 Å². The summed E-state index contributed by atoms with van der Waals surface area (Å²) in [6, 6.07) is 9.15. The zero-order valence-corrected chi connectivity index (χ0v) is 17.3. The van der Waals surface area contributed by atoms with Gasteiger partial charge in [-0.1, -0.05) is 30.0 Å². The van der Waals surface area contributed by atoms with Gasteiger partial charge in [0.15, 0.2) is 5.16 Å². The Morgan fingerprint density at radius 1 is 1.48 bits per heavy atom. The molecule has 3 rings (SSSR count). The molecule has 0 radical (unpaired) electrons. The molecule has 0 aliphatic heterocycles. The van der Waals surface area contributed by atoms with Gasteiger partial charge in [0.25, 0.3) is 5.56 Å². The highest BCUT2D eigenvalue weighted by molar-refractivity contribution is 7.98. The highest BCUT2D eigenvalue weighted by atomic mass is 32.2. The van der Waals surface area contributed by atoms with Crippen molar-refractivity contribution in [1.82, 2.24) is 9.55 Å². The van der Waals surface area contributed by atoms with Crippen molar-refractivity contribution in [3.8, 4) is 6.07 Å². The van der Waals surface area contributed by atoms with Crippen LogP contribution in [0.3, 0.4) is 0 Å². The van der Waals surface area contributed by atoms with E-state index in [2.05, 4.69) is 17.6 Å². The number of thioether (sulfide) groups is 1. The number of rotatable bonds is 7. The maximum absolute atomic E-state index is 12.9. The van der Waals surface area contributed by atoms with Gasteiger partial charge in [-0.3, -0.25) is 9.36 Å². The summed E-state index contributed by atoms with van der Waals surface area (Å²) >= 11 is 2.29. The Balaban J connectivity index is 2.04. The molecule has 2 aromatic heterocycles. The minimum atomic E-state index is -0.517. The molecule has 148 valence electrons. The summed E-state index contributed by atoms with van der Waals surface area (Å²) in [5.74, 6) is -0.275. The van der Waals surface area contributed by atoms with Crippen molar-refractivity contribution in [2.75, 3.05) is 12.3 Å². The first-order chi connectivity index (χ1) is 14.0. The van der Waals surface area contributed by atoms with E-state index in [0.29, 0.717) is 33.0 Å². The Hall–Kier alpha value is -3.09. The van der Waals surface area contributed by atoms with Crippen molar-refractivity contribution < 1.29 is 9.53 Å². The van der Waals surface area contributed by atoms with Gasteiger partial charge in [-0.25, -0.2) is 9.78 Å². The van der Waals surface area contributed by atoms with Crippen LogP contribution in [0.1, 0.15) is 27.7 Å². The number of thiophene rings is 1. The number of anilines is 1. The van der Waals surface area contributed by atoms with Gasteiger partial charge in [0.2, 0.25) is 0 Å². The number of benzene rings is 1. The van der Waals surface area contributed by atoms with Crippen LogP contribution in [0.5, 0.6) is 0 Å². The molecule has 2 N–H and O–H groups in total. The predicted molar refractivity (Wildman–Crippen MR) is 115 cm³/mol. The molecule has 0 unspecified atom stereocenters. The number of nitrogens with two attached hydrogens (primary N) is 1. The number of carbonyl (C=O) groups excluding carboxylic acids is 1. The Bertz CT molecular complexity index is 1190. The van der Waals surface area contributed by atoms with Crippen LogP contribution in [0.15, 0.2) is 46.9 Å². The molecule has 3 aromatic rings. The number of esters is 1. The molecular formula is C20H18N4O3S2. The second-order valence-corrected chi connectivity index (χ2v) is 7.88. The van der Waals surface area contributed by atoms with E-state index in [-0.39, 0.29) is 28.5 Å². The van der Waals surface area contributed by atoms with E-state index in [1.807, 2.05) is 6.07 Å². The lowest BCUT2D eigenvalue weighted by molar-refractivity contribution is 0.0531. The summed E-state index contributed by atoms with van der Waals surface area (Å²) < 4.78 is 6.61. The van der Waals surface area contributed by atoms with Crippen molar-refractivity contribution in [2.24, 2.45) is 0 Å². The minimum Gasteiger partial charge on any atom is -0.462 e. The van der Waals surface area contributed by atoms with E-state index in [1.165, 1.54) is 16.3 Å². The molecule has 0 amide bonds. The van der Waals surface area contributed by atoms with Crippen molar-refractivity contribution in [1.29, 1.82) is 5.26 Å².